The number of aliphatic carboxylic acids is 1. The minimum absolute atomic E-state index is 0.134. The van der Waals surface area contributed by atoms with Crippen molar-refractivity contribution in [3.63, 3.8) is 0 Å². The number of aromatic nitrogens is 1. The third-order valence-corrected chi connectivity index (χ3v) is 3.23. The Bertz CT molecular complexity index is 404. The number of rotatable bonds is 8. The van der Waals surface area contributed by atoms with Gasteiger partial charge in [0.2, 0.25) is 0 Å². The maximum absolute atomic E-state index is 11.6. The van der Waals surface area contributed by atoms with Crippen molar-refractivity contribution >= 4 is 23.2 Å². The molecule has 0 aliphatic heterocycles. The maximum Gasteiger partial charge on any atom is 0.303 e. The summed E-state index contributed by atoms with van der Waals surface area (Å²) in [7, 11) is 0. The molecule has 100 valence electrons. The van der Waals surface area contributed by atoms with Crippen LogP contribution in [0.2, 0.25) is 0 Å². The lowest BCUT2D eigenvalue weighted by Crippen LogP contribution is -2.24. The van der Waals surface area contributed by atoms with Crippen LogP contribution in [0.15, 0.2) is 5.38 Å². The molecule has 0 aliphatic carbocycles. The Morgan fingerprint density at radius 1 is 1.33 bits per heavy atom. The summed E-state index contributed by atoms with van der Waals surface area (Å²) in [6.07, 6.45) is 3.62. The first-order chi connectivity index (χ1) is 8.59. The Balaban J connectivity index is 2.04. The van der Waals surface area contributed by atoms with Gasteiger partial charge in [-0.1, -0.05) is 12.8 Å². The average molecular weight is 270 g/mol. The first-order valence-corrected chi connectivity index (χ1v) is 6.89. The van der Waals surface area contributed by atoms with Gasteiger partial charge in [-0.05, 0) is 19.8 Å². The highest BCUT2D eigenvalue weighted by Gasteiger charge is 2.07. The van der Waals surface area contributed by atoms with Gasteiger partial charge in [-0.2, -0.15) is 0 Å². The molecular formula is C12H18N2O3S. The molecule has 0 saturated heterocycles. The number of unbranched alkanes of at least 4 members (excludes halogenated alkanes) is 3. The smallest absolute Gasteiger partial charge is 0.303 e. The molecule has 18 heavy (non-hydrogen) atoms. The molecule has 5 nitrogen and oxygen atoms in total. The van der Waals surface area contributed by atoms with E-state index in [1.807, 2.05) is 6.92 Å². The number of aryl methyl sites for hydroxylation is 1. The standard InChI is InChI=1S/C12H18N2O3S/c1-9-14-10(8-18-9)12(17)13-7-5-3-2-4-6-11(15)16/h8H,2-7H2,1H3,(H,13,17)(H,15,16). The van der Waals surface area contributed by atoms with E-state index in [9.17, 15) is 9.59 Å². The van der Waals surface area contributed by atoms with Crippen molar-refractivity contribution in [2.75, 3.05) is 6.54 Å². The molecule has 1 rings (SSSR count). The van der Waals surface area contributed by atoms with Crippen molar-refractivity contribution < 1.29 is 14.7 Å². The van der Waals surface area contributed by atoms with E-state index < -0.39 is 5.97 Å². The molecule has 2 N–H and O–H groups in total. The Labute approximate surface area is 110 Å². The summed E-state index contributed by atoms with van der Waals surface area (Å²) < 4.78 is 0. The number of hydrogen-bond donors (Lipinski definition) is 2. The summed E-state index contributed by atoms with van der Waals surface area (Å²) in [5, 5.41) is 13.9. The summed E-state index contributed by atoms with van der Waals surface area (Å²) in [6, 6.07) is 0. The molecule has 1 aromatic rings. The van der Waals surface area contributed by atoms with Crippen molar-refractivity contribution in [1.29, 1.82) is 0 Å². The third kappa shape index (κ3) is 5.77. The van der Waals surface area contributed by atoms with Crippen molar-refractivity contribution in [1.82, 2.24) is 10.3 Å². The van der Waals surface area contributed by atoms with Crippen LogP contribution in [0.4, 0.5) is 0 Å². The van der Waals surface area contributed by atoms with E-state index in [1.165, 1.54) is 11.3 Å². The molecule has 1 amide bonds. The number of carbonyl (C=O) groups is 2. The minimum Gasteiger partial charge on any atom is -0.481 e. The van der Waals surface area contributed by atoms with Crippen LogP contribution < -0.4 is 5.32 Å². The Kier molecular flexibility index (Phi) is 6.35. The number of hydrogen-bond acceptors (Lipinski definition) is 4. The normalized spacial score (nSPS) is 10.3. The summed E-state index contributed by atoms with van der Waals surface area (Å²) in [5.74, 6) is -0.882. The van der Waals surface area contributed by atoms with Crippen LogP contribution >= 0.6 is 11.3 Å². The molecule has 1 aromatic heterocycles. The highest BCUT2D eigenvalue weighted by atomic mass is 32.1. The zero-order valence-electron chi connectivity index (χ0n) is 10.4. The van der Waals surface area contributed by atoms with E-state index in [1.54, 1.807) is 5.38 Å². The van der Waals surface area contributed by atoms with Crippen LogP contribution in [0.3, 0.4) is 0 Å². The highest BCUT2D eigenvalue weighted by Crippen LogP contribution is 2.07. The molecule has 0 spiro atoms. The van der Waals surface area contributed by atoms with Crippen molar-refractivity contribution in [3.8, 4) is 0 Å². The Morgan fingerprint density at radius 3 is 2.67 bits per heavy atom. The number of thiazole rings is 1. The second-order valence-corrected chi connectivity index (χ2v) is 5.13. The van der Waals surface area contributed by atoms with Gasteiger partial charge in [0.05, 0.1) is 5.01 Å². The lowest BCUT2D eigenvalue weighted by molar-refractivity contribution is -0.137. The maximum atomic E-state index is 11.6. The second kappa shape index (κ2) is 7.81. The quantitative estimate of drug-likeness (QED) is 0.710. The van der Waals surface area contributed by atoms with Gasteiger partial charge >= 0.3 is 5.97 Å². The predicted octanol–water partition coefficient (Wildman–Crippen LogP) is 2.22. The van der Waals surface area contributed by atoms with Crippen LogP contribution in [0, 0.1) is 6.92 Å². The molecular weight excluding hydrogens is 252 g/mol. The Morgan fingerprint density at radius 2 is 2.06 bits per heavy atom. The van der Waals surface area contributed by atoms with Crippen LogP contribution in [-0.4, -0.2) is 28.5 Å². The fourth-order valence-corrected chi connectivity index (χ4v) is 2.11. The van der Waals surface area contributed by atoms with Gasteiger partial charge < -0.3 is 10.4 Å². The summed E-state index contributed by atoms with van der Waals surface area (Å²) >= 11 is 1.46. The van der Waals surface area contributed by atoms with Crippen molar-refractivity contribution in [2.45, 2.75) is 39.0 Å². The van der Waals surface area contributed by atoms with Crippen LogP contribution in [0.25, 0.3) is 0 Å². The summed E-state index contributed by atoms with van der Waals surface area (Å²) in [4.78, 5) is 26.0. The van der Waals surface area contributed by atoms with Gasteiger partial charge in [0.15, 0.2) is 0 Å². The first kappa shape index (κ1) is 14.6. The van der Waals surface area contributed by atoms with E-state index in [-0.39, 0.29) is 12.3 Å². The molecule has 0 radical (unpaired) electrons. The second-order valence-electron chi connectivity index (χ2n) is 4.07. The lowest BCUT2D eigenvalue weighted by atomic mass is 10.1. The monoisotopic (exact) mass is 270 g/mol. The molecule has 6 heteroatoms. The topological polar surface area (TPSA) is 79.3 Å². The molecule has 0 aliphatic rings. The van der Waals surface area contributed by atoms with Gasteiger partial charge in [0.1, 0.15) is 5.69 Å². The zero-order chi connectivity index (χ0) is 13.4. The van der Waals surface area contributed by atoms with Crippen molar-refractivity contribution in [2.24, 2.45) is 0 Å². The minimum atomic E-state index is -0.748. The predicted molar refractivity (Wildman–Crippen MR) is 69.9 cm³/mol. The summed E-state index contributed by atoms with van der Waals surface area (Å²) in [5.41, 5.74) is 0.475. The number of nitrogens with one attached hydrogen (secondary N) is 1. The fraction of sp³-hybridized carbons (Fsp3) is 0.583. The number of carboxylic acids is 1. The molecule has 0 saturated carbocycles. The SMILES string of the molecule is Cc1nc(C(=O)NCCCCCCC(=O)O)cs1. The van der Waals surface area contributed by atoms with E-state index in [0.29, 0.717) is 18.7 Å². The zero-order valence-corrected chi connectivity index (χ0v) is 11.3. The van der Waals surface area contributed by atoms with Gasteiger partial charge in [0, 0.05) is 18.3 Å². The first-order valence-electron chi connectivity index (χ1n) is 6.01. The third-order valence-electron chi connectivity index (χ3n) is 2.45. The fourth-order valence-electron chi connectivity index (χ4n) is 1.51. The number of carbonyl (C=O) groups excluding carboxylic acids is 1. The molecule has 0 fully saturated rings. The number of amides is 1. The van der Waals surface area contributed by atoms with E-state index in [4.69, 9.17) is 5.11 Å². The average Bonchev–Trinajstić information content (AvgIpc) is 2.74. The van der Waals surface area contributed by atoms with E-state index in [2.05, 4.69) is 10.3 Å². The molecule has 0 aromatic carbocycles. The van der Waals surface area contributed by atoms with Gasteiger partial charge in [-0.15, -0.1) is 11.3 Å². The van der Waals surface area contributed by atoms with E-state index in [0.717, 1.165) is 24.3 Å². The number of nitrogens with zero attached hydrogens (tertiary/aromatic N) is 1. The van der Waals surface area contributed by atoms with Gasteiger partial charge in [-0.25, -0.2) is 4.98 Å². The van der Waals surface area contributed by atoms with Gasteiger partial charge in [0.25, 0.3) is 5.91 Å². The highest BCUT2D eigenvalue weighted by molar-refractivity contribution is 7.09. The summed E-state index contributed by atoms with van der Waals surface area (Å²) in [6.45, 7) is 2.48. The van der Waals surface area contributed by atoms with Crippen LogP contribution in [-0.2, 0) is 4.79 Å². The van der Waals surface area contributed by atoms with Gasteiger partial charge in [-0.3, -0.25) is 9.59 Å². The van der Waals surface area contributed by atoms with Crippen LogP contribution in [0.1, 0.15) is 47.6 Å². The molecule has 0 atom stereocenters. The van der Waals surface area contributed by atoms with Crippen LogP contribution in [0.5, 0.6) is 0 Å². The lowest BCUT2D eigenvalue weighted by Gasteiger charge is -2.02. The molecule has 0 unspecified atom stereocenters. The van der Waals surface area contributed by atoms with Crippen molar-refractivity contribution in [3.05, 3.63) is 16.1 Å². The molecule has 0 bridgehead atoms. The van der Waals surface area contributed by atoms with E-state index >= 15 is 0 Å². The largest absolute Gasteiger partial charge is 0.481 e. The number of carboxylic acid groups (broad SMARTS) is 1. The molecule has 1 heterocycles. The Hall–Kier alpha value is -1.43.